The number of hydrogen-bond donors (Lipinski definition) is 2. The van der Waals surface area contributed by atoms with E-state index in [0.717, 1.165) is 12.0 Å². The first kappa shape index (κ1) is 14.2. The summed E-state index contributed by atoms with van der Waals surface area (Å²) in [4.78, 5) is 16.0. The SMILES string of the molecule is CC[C@@H](NC(=O)[C@H](O)c1cccnc1)c1ccccc1. The lowest BCUT2D eigenvalue weighted by Gasteiger charge is -2.19. The van der Waals surface area contributed by atoms with Crippen molar-refractivity contribution in [2.75, 3.05) is 0 Å². The second-order valence-corrected chi connectivity index (χ2v) is 4.57. The van der Waals surface area contributed by atoms with E-state index in [1.54, 1.807) is 18.3 Å². The van der Waals surface area contributed by atoms with Crippen molar-refractivity contribution in [2.45, 2.75) is 25.5 Å². The molecule has 1 aromatic heterocycles. The fourth-order valence-corrected chi connectivity index (χ4v) is 2.05. The van der Waals surface area contributed by atoms with Crippen LogP contribution in [0.2, 0.25) is 0 Å². The van der Waals surface area contributed by atoms with Crippen LogP contribution in [0.4, 0.5) is 0 Å². The second kappa shape index (κ2) is 6.82. The molecule has 20 heavy (non-hydrogen) atoms. The van der Waals surface area contributed by atoms with Crippen LogP contribution in [0.15, 0.2) is 54.9 Å². The van der Waals surface area contributed by atoms with E-state index in [0.29, 0.717) is 5.56 Å². The number of aliphatic hydroxyl groups is 1. The van der Waals surface area contributed by atoms with E-state index >= 15 is 0 Å². The Morgan fingerprint density at radius 1 is 1.20 bits per heavy atom. The zero-order valence-corrected chi connectivity index (χ0v) is 11.4. The van der Waals surface area contributed by atoms with Crippen molar-refractivity contribution in [1.82, 2.24) is 10.3 Å². The fourth-order valence-electron chi connectivity index (χ4n) is 2.05. The molecule has 0 saturated heterocycles. The first-order valence-corrected chi connectivity index (χ1v) is 6.65. The number of amides is 1. The van der Waals surface area contributed by atoms with Gasteiger partial charge in [0.15, 0.2) is 6.10 Å². The number of aliphatic hydroxyl groups excluding tert-OH is 1. The van der Waals surface area contributed by atoms with Gasteiger partial charge in [-0.05, 0) is 18.1 Å². The van der Waals surface area contributed by atoms with E-state index < -0.39 is 12.0 Å². The average Bonchev–Trinajstić information content (AvgIpc) is 2.53. The van der Waals surface area contributed by atoms with Crippen molar-refractivity contribution in [3.63, 3.8) is 0 Å². The van der Waals surface area contributed by atoms with Gasteiger partial charge in [0.2, 0.25) is 0 Å². The van der Waals surface area contributed by atoms with E-state index in [1.165, 1.54) is 6.20 Å². The van der Waals surface area contributed by atoms with Gasteiger partial charge < -0.3 is 10.4 Å². The van der Waals surface area contributed by atoms with Crippen LogP contribution in [0, 0.1) is 0 Å². The minimum absolute atomic E-state index is 0.102. The Balaban J connectivity index is 2.06. The van der Waals surface area contributed by atoms with Gasteiger partial charge in [-0.2, -0.15) is 0 Å². The van der Waals surface area contributed by atoms with Crippen molar-refractivity contribution in [2.24, 2.45) is 0 Å². The van der Waals surface area contributed by atoms with Gasteiger partial charge in [-0.25, -0.2) is 0 Å². The molecule has 0 aliphatic rings. The maximum atomic E-state index is 12.1. The largest absolute Gasteiger partial charge is 0.378 e. The van der Waals surface area contributed by atoms with Crippen molar-refractivity contribution < 1.29 is 9.90 Å². The van der Waals surface area contributed by atoms with Gasteiger partial charge in [0, 0.05) is 18.0 Å². The summed E-state index contributed by atoms with van der Waals surface area (Å²) in [6.07, 6.45) is 2.66. The molecule has 0 aliphatic carbocycles. The third kappa shape index (κ3) is 3.42. The summed E-state index contributed by atoms with van der Waals surface area (Å²) in [5.41, 5.74) is 1.52. The molecule has 0 fully saturated rings. The van der Waals surface area contributed by atoms with Crippen LogP contribution in [-0.2, 0) is 4.79 Å². The molecule has 0 saturated carbocycles. The molecule has 0 bridgehead atoms. The maximum absolute atomic E-state index is 12.1. The predicted molar refractivity (Wildman–Crippen MR) is 76.8 cm³/mol. The summed E-state index contributed by atoms with van der Waals surface area (Å²) in [7, 11) is 0. The molecule has 0 spiro atoms. The fraction of sp³-hybridized carbons (Fsp3) is 0.250. The van der Waals surface area contributed by atoms with Crippen molar-refractivity contribution >= 4 is 5.91 Å². The highest BCUT2D eigenvalue weighted by molar-refractivity contribution is 5.82. The summed E-state index contributed by atoms with van der Waals surface area (Å²) in [5, 5.41) is 12.9. The molecular weight excluding hydrogens is 252 g/mol. The molecule has 1 heterocycles. The number of rotatable bonds is 5. The van der Waals surface area contributed by atoms with Crippen molar-refractivity contribution in [3.8, 4) is 0 Å². The van der Waals surface area contributed by atoms with Crippen LogP contribution < -0.4 is 5.32 Å². The number of nitrogens with one attached hydrogen (secondary N) is 1. The number of carbonyl (C=O) groups is 1. The summed E-state index contributed by atoms with van der Waals surface area (Å²) in [6, 6.07) is 13.0. The number of carbonyl (C=O) groups excluding carboxylic acids is 1. The Labute approximate surface area is 118 Å². The Morgan fingerprint density at radius 3 is 2.50 bits per heavy atom. The molecule has 1 amide bonds. The number of nitrogens with zero attached hydrogens (tertiary/aromatic N) is 1. The van der Waals surface area contributed by atoms with Gasteiger partial charge in [-0.15, -0.1) is 0 Å². The van der Waals surface area contributed by atoms with Crippen LogP contribution >= 0.6 is 0 Å². The molecular formula is C16H18N2O2. The third-order valence-electron chi connectivity index (χ3n) is 3.18. The van der Waals surface area contributed by atoms with Crippen LogP contribution in [-0.4, -0.2) is 16.0 Å². The highest BCUT2D eigenvalue weighted by Crippen LogP contribution is 2.18. The molecule has 0 unspecified atom stereocenters. The molecule has 2 aromatic rings. The average molecular weight is 270 g/mol. The van der Waals surface area contributed by atoms with Gasteiger partial charge in [0.1, 0.15) is 0 Å². The van der Waals surface area contributed by atoms with Gasteiger partial charge in [0.25, 0.3) is 5.91 Å². The molecule has 1 aromatic carbocycles. The molecule has 4 heteroatoms. The van der Waals surface area contributed by atoms with E-state index in [2.05, 4.69) is 10.3 Å². The van der Waals surface area contributed by atoms with E-state index in [-0.39, 0.29) is 6.04 Å². The highest BCUT2D eigenvalue weighted by atomic mass is 16.3. The lowest BCUT2D eigenvalue weighted by Crippen LogP contribution is -2.32. The minimum atomic E-state index is -1.19. The minimum Gasteiger partial charge on any atom is -0.378 e. The number of pyridine rings is 1. The highest BCUT2D eigenvalue weighted by Gasteiger charge is 2.20. The zero-order valence-electron chi connectivity index (χ0n) is 11.4. The first-order valence-electron chi connectivity index (χ1n) is 6.65. The molecule has 0 aliphatic heterocycles. The number of hydrogen-bond acceptors (Lipinski definition) is 3. The van der Waals surface area contributed by atoms with Gasteiger partial charge in [0.05, 0.1) is 6.04 Å². The van der Waals surface area contributed by atoms with Crippen LogP contribution in [0.25, 0.3) is 0 Å². The maximum Gasteiger partial charge on any atom is 0.254 e. The first-order chi connectivity index (χ1) is 9.72. The van der Waals surface area contributed by atoms with Gasteiger partial charge >= 0.3 is 0 Å². The van der Waals surface area contributed by atoms with Crippen molar-refractivity contribution in [3.05, 3.63) is 66.0 Å². The van der Waals surface area contributed by atoms with Crippen molar-refractivity contribution in [1.29, 1.82) is 0 Å². The van der Waals surface area contributed by atoms with E-state index in [9.17, 15) is 9.90 Å². The number of aromatic nitrogens is 1. The smallest absolute Gasteiger partial charge is 0.254 e. The topological polar surface area (TPSA) is 62.2 Å². The lowest BCUT2D eigenvalue weighted by atomic mass is 10.0. The Morgan fingerprint density at radius 2 is 1.90 bits per heavy atom. The quantitative estimate of drug-likeness (QED) is 0.877. The number of benzene rings is 1. The lowest BCUT2D eigenvalue weighted by molar-refractivity contribution is -0.130. The van der Waals surface area contributed by atoms with E-state index in [1.807, 2.05) is 37.3 Å². The Hall–Kier alpha value is -2.20. The molecule has 2 atom stereocenters. The molecule has 4 nitrogen and oxygen atoms in total. The molecule has 104 valence electrons. The second-order valence-electron chi connectivity index (χ2n) is 4.57. The summed E-state index contributed by atoms with van der Waals surface area (Å²) in [6.45, 7) is 1.99. The standard InChI is InChI=1S/C16H18N2O2/c1-2-14(12-7-4-3-5-8-12)18-16(20)15(19)13-9-6-10-17-11-13/h3-11,14-15,19H,2H2,1H3,(H,18,20)/t14-,15-/m1/s1. The Bertz CT molecular complexity index is 543. The Kier molecular flexibility index (Phi) is 4.85. The normalized spacial score (nSPS) is 13.5. The summed E-state index contributed by atoms with van der Waals surface area (Å²) >= 11 is 0. The van der Waals surface area contributed by atoms with Crippen LogP contribution in [0.1, 0.15) is 36.6 Å². The van der Waals surface area contributed by atoms with Crippen LogP contribution in [0.3, 0.4) is 0 Å². The van der Waals surface area contributed by atoms with Crippen LogP contribution in [0.5, 0.6) is 0 Å². The van der Waals surface area contributed by atoms with Gasteiger partial charge in [-0.3, -0.25) is 9.78 Å². The molecule has 0 radical (unpaired) electrons. The monoisotopic (exact) mass is 270 g/mol. The third-order valence-corrected chi connectivity index (χ3v) is 3.18. The molecule has 2 N–H and O–H groups in total. The predicted octanol–water partition coefficient (Wildman–Crippen LogP) is 2.38. The molecule has 2 rings (SSSR count). The van der Waals surface area contributed by atoms with E-state index in [4.69, 9.17) is 0 Å². The summed E-state index contributed by atoms with van der Waals surface area (Å²) < 4.78 is 0. The zero-order chi connectivity index (χ0) is 14.4. The van der Waals surface area contributed by atoms with Gasteiger partial charge in [-0.1, -0.05) is 43.3 Å². The summed E-state index contributed by atoms with van der Waals surface area (Å²) in [5.74, 6) is -0.409.